The fourth-order valence-corrected chi connectivity index (χ4v) is 2.27. The summed E-state index contributed by atoms with van der Waals surface area (Å²) in [7, 11) is 1.32. The van der Waals surface area contributed by atoms with Gasteiger partial charge in [-0.05, 0) is 50.1 Å². The van der Waals surface area contributed by atoms with Crippen LogP contribution in [-0.2, 0) is 9.53 Å². The quantitative estimate of drug-likeness (QED) is 0.854. The fourth-order valence-electron chi connectivity index (χ4n) is 2.27. The van der Waals surface area contributed by atoms with E-state index in [9.17, 15) is 9.59 Å². The molecule has 24 heavy (non-hydrogen) atoms. The van der Waals surface area contributed by atoms with E-state index in [1.807, 2.05) is 31.2 Å². The Labute approximate surface area is 141 Å². The zero-order valence-corrected chi connectivity index (χ0v) is 14.3. The number of amides is 1. The molecule has 0 aliphatic rings. The maximum atomic E-state index is 12.4. The summed E-state index contributed by atoms with van der Waals surface area (Å²) in [6.45, 7) is 5.36. The monoisotopic (exact) mass is 327 g/mol. The van der Waals surface area contributed by atoms with Crippen LogP contribution in [0.15, 0.2) is 42.5 Å². The molecule has 0 aromatic heterocycles. The molecule has 126 valence electrons. The number of nitrogens with one attached hydrogen (secondary N) is 1. The number of ether oxygens (including phenoxy) is 2. The molecule has 0 fully saturated rings. The average Bonchev–Trinajstić information content (AvgIpc) is 2.58. The van der Waals surface area contributed by atoms with Crippen molar-refractivity contribution in [2.45, 2.75) is 26.9 Å². The van der Waals surface area contributed by atoms with Gasteiger partial charge in [0.25, 0.3) is 5.91 Å². The highest BCUT2D eigenvalue weighted by Gasteiger charge is 2.18. The average molecular weight is 327 g/mol. The zero-order chi connectivity index (χ0) is 17.7. The lowest BCUT2D eigenvalue weighted by molar-refractivity contribution is -0.122. The maximum Gasteiger partial charge on any atom is 0.338 e. The summed E-state index contributed by atoms with van der Waals surface area (Å²) in [5, 5.41) is 2.80. The first-order chi connectivity index (χ1) is 11.4. The van der Waals surface area contributed by atoms with Gasteiger partial charge in [0, 0.05) is 5.69 Å². The number of hydrogen-bond donors (Lipinski definition) is 1. The van der Waals surface area contributed by atoms with Crippen molar-refractivity contribution in [2.75, 3.05) is 12.4 Å². The molecule has 0 heterocycles. The van der Waals surface area contributed by atoms with Crippen molar-refractivity contribution in [3.05, 3.63) is 59.2 Å². The van der Waals surface area contributed by atoms with Gasteiger partial charge in [-0.3, -0.25) is 4.79 Å². The lowest BCUT2D eigenvalue weighted by Crippen LogP contribution is -2.30. The van der Waals surface area contributed by atoms with Crippen molar-refractivity contribution in [3.8, 4) is 5.75 Å². The van der Waals surface area contributed by atoms with Crippen LogP contribution < -0.4 is 10.1 Å². The number of anilines is 1. The van der Waals surface area contributed by atoms with Gasteiger partial charge in [0.2, 0.25) is 0 Å². The van der Waals surface area contributed by atoms with Gasteiger partial charge in [-0.2, -0.15) is 0 Å². The van der Waals surface area contributed by atoms with Crippen LogP contribution >= 0.6 is 0 Å². The second kappa shape index (κ2) is 7.64. The largest absolute Gasteiger partial charge is 0.481 e. The molecule has 1 amide bonds. The van der Waals surface area contributed by atoms with E-state index >= 15 is 0 Å². The molecule has 0 bridgehead atoms. The van der Waals surface area contributed by atoms with Crippen LogP contribution in [-0.4, -0.2) is 25.1 Å². The smallest absolute Gasteiger partial charge is 0.338 e. The standard InChI is InChI=1S/C19H21NO4/c1-12-8-5-6-11-17(12)24-14(3)18(21)20-16-10-7-9-15(13(16)2)19(22)23-4/h5-11,14H,1-4H3,(H,20,21)/t14-/m0/s1. The molecule has 0 radical (unpaired) electrons. The number of methoxy groups -OCH3 is 1. The van der Waals surface area contributed by atoms with E-state index in [1.54, 1.807) is 32.0 Å². The predicted molar refractivity (Wildman–Crippen MR) is 92.4 cm³/mol. The van der Waals surface area contributed by atoms with Gasteiger partial charge in [0.1, 0.15) is 5.75 Å². The summed E-state index contributed by atoms with van der Waals surface area (Å²) in [6.07, 6.45) is -0.674. The Hall–Kier alpha value is -2.82. The molecule has 1 atom stereocenters. The molecule has 0 aliphatic carbocycles. The summed E-state index contributed by atoms with van der Waals surface area (Å²) >= 11 is 0. The van der Waals surface area contributed by atoms with Crippen LogP contribution in [0.1, 0.15) is 28.4 Å². The molecule has 0 unspecified atom stereocenters. The number of benzene rings is 2. The minimum absolute atomic E-state index is 0.289. The van der Waals surface area contributed by atoms with Crippen molar-refractivity contribution in [1.29, 1.82) is 0 Å². The first-order valence-corrected chi connectivity index (χ1v) is 7.65. The maximum absolute atomic E-state index is 12.4. The summed E-state index contributed by atoms with van der Waals surface area (Å²) in [4.78, 5) is 24.1. The van der Waals surface area contributed by atoms with E-state index in [0.29, 0.717) is 22.6 Å². The van der Waals surface area contributed by atoms with Gasteiger partial charge in [0.15, 0.2) is 6.10 Å². The highest BCUT2D eigenvalue weighted by Crippen LogP contribution is 2.21. The van der Waals surface area contributed by atoms with Crippen LogP contribution in [0, 0.1) is 13.8 Å². The minimum atomic E-state index is -0.674. The second-order valence-electron chi connectivity index (χ2n) is 5.48. The van der Waals surface area contributed by atoms with Crippen molar-refractivity contribution >= 4 is 17.6 Å². The predicted octanol–water partition coefficient (Wildman–Crippen LogP) is 3.50. The van der Waals surface area contributed by atoms with Crippen molar-refractivity contribution < 1.29 is 19.1 Å². The minimum Gasteiger partial charge on any atom is -0.481 e. The second-order valence-corrected chi connectivity index (χ2v) is 5.48. The number of carbonyl (C=O) groups is 2. The molecule has 0 aliphatic heterocycles. The van der Waals surface area contributed by atoms with Gasteiger partial charge < -0.3 is 14.8 Å². The van der Waals surface area contributed by atoms with Crippen LogP contribution in [0.25, 0.3) is 0 Å². The molecule has 5 heteroatoms. The van der Waals surface area contributed by atoms with Crippen molar-refractivity contribution in [3.63, 3.8) is 0 Å². The van der Waals surface area contributed by atoms with E-state index in [4.69, 9.17) is 9.47 Å². The Morgan fingerprint density at radius 1 is 1.04 bits per heavy atom. The Balaban J connectivity index is 2.12. The van der Waals surface area contributed by atoms with Gasteiger partial charge >= 0.3 is 5.97 Å². The van der Waals surface area contributed by atoms with Gasteiger partial charge in [-0.25, -0.2) is 4.79 Å². The molecular weight excluding hydrogens is 306 g/mol. The highest BCUT2D eigenvalue weighted by atomic mass is 16.5. The third-order valence-electron chi connectivity index (χ3n) is 3.76. The third-order valence-corrected chi connectivity index (χ3v) is 3.76. The normalized spacial score (nSPS) is 11.5. The molecule has 0 spiro atoms. The molecule has 2 aromatic carbocycles. The first kappa shape index (κ1) is 17.5. The summed E-state index contributed by atoms with van der Waals surface area (Å²) in [5.74, 6) is -0.0589. The molecule has 0 saturated heterocycles. The number of carbonyl (C=O) groups excluding carboxylic acids is 2. The lowest BCUT2D eigenvalue weighted by atomic mass is 10.1. The van der Waals surface area contributed by atoms with Crippen LogP contribution in [0.4, 0.5) is 5.69 Å². The van der Waals surface area contributed by atoms with E-state index in [1.165, 1.54) is 7.11 Å². The van der Waals surface area contributed by atoms with E-state index in [-0.39, 0.29) is 5.91 Å². The zero-order valence-electron chi connectivity index (χ0n) is 14.3. The number of rotatable bonds is 5. The third kappa shape index (κ3) is 3.93. The number of esters is 1. The van der Waals surface area contributed by atoms with Crippen LogP contribution in [0.5, 0.6) is 5.75 Å². The molecule has 0 saturated carbocycles. The number of aryl methyl sites for hydroxylation is 1. The number of para-hydroxylation sites is 1. The molecule has 1 N–H and O–H groups in total. The number of hydrogen-bond acceptors (Lipinski definition) is 4. The van der Waals surface area contributed by atoms with Gasteiger partial charge in [-0.1, -0.05) is 24.3 Å². The van der Waals surface area contributed by atoms with Crippen LogP contribution in [0.3, 0.4) is 0 Å². The summed E-state index contributed by atoms with van der Waals surface area (Å²) in [6, 6.07) is 12.6. The SMILES string of the molecule is COC(=O)c1cccc(NC(=O)[C@H](C)Oc2ccccc2C)c1C. The lowest BCUT2D eigenvalue weighted by Gasteiger charge is -2.17. The topological polar surface area (TPSA) is 64.6 Å². The van der Waals surface area contributed by atoms with Gasteiger partial charge in [0.05, 0.1) is 12.7 Å². The molecule has 2 aromatic rings. The summed E-state index contributed by atoms with van der Waals surface area (Å²) in [5.41, 5.74) is 2.59. The molecule has 5 nitrogen and oxygen atoms in total. The molecular formula is C19H21NO4. The Morgan fingerprint density at radius 2 is 1.75 bits per heavy atom. The van der Waals surface area contributed by atoms with Crippen molar-refractivity contribution in [1.82, 2.24) is 0 Å². The van der Waals surface area contributed by atoms with Crippen molar-refractivity contribution in [2.24, 2.45) is 0 Å². The van der Waals surface area contributed by atoms with E-state index < -0.39 is 12.1 Å². The fraction of sp³-hybridized carbons (Fsp3) is 0.263. The Morgan fingerprint density at radius 3 is 2.42 bits per heavy atom. The highest BCUT2D eigenvalue weighted by molar-refractivity contribution is 5.98. The van der Waals surface area contributed by atoms with Crippen LogP contribution in [0.2, 0.25) is 0 Å². The molecule has 2 rings (SSSR count). The summed E-state index contributed by atoms with van der Waals surface area (Å²) < 4.78 is 10.5. The first-order valence-electron chi connectivity index (χ1n) is 7.65. The van der Waals surface area contributed by atoms with E-state index in [2.05, 4.69) is 5.32 Å². The van der Waals surface area contributed by atoms with E-state index in [0.717, 1.165) is 5.56 Å². The Kier molecular flexibility index (Phi) is 5.58. The van der Waals surface area contributed by atoms with Gasteiger partial charge in [-0.15, -0.1) is 0 Å². The Bertz CT molecular complexity index is 755.